The summed E-state index contributed by atoms with van der Waals surface area (Å²) in [6.45, 7) is 12.7. The van der Waals surface area contributed by atoms with Crippen molar-refractivity contribution < 1.29 is 14.3 Å². The highest BCUT2D eigenvalue weighted by Crippen LogP contribution is 2.23. The first-order chi connectivity index (χ1) is 15.5. The van der Waals surface area contributed by atoms with Gasteiger partial charge in [0, 0.05) is 19.0 Å². The number of carbonyl (C=O) groups is 2. The Morgan fingerprint density at radius 1 is 1.03 bits per heavy atom. The maximum atomic E-state index is 13.3. The SMILES string of the molecule is CC[C@@H](C)NC(=O)[C@@H](C)N(Cc1cccc(OC)c1)C(=O)CCc1ccc(C(C)(C)C)cc1. The van der Waals surface area contributed by atoms with Gasteiger partial charge in [-0.25, -0.2) is 0 Å². The summed E-state index contributed by atoms with van der Waals surface area (Å²) < 4.78 is 5.33. The Bertz CT molecular complexity index is 915. The van der Waals surface area contributed by atoms with Gasteiger partial charge in [-0.3, -0.25) is 9.59 Å². The van der Waals surface area contributed by atoms with Crippen LogP contribution in [0.2, 0.25) is 0 Å². The number of rotatable bonds is 10. The van der Waals surface area contributed by atoms with Crippen LogP contribution < -0.4 is 10.1 Å². The van der Waals surface area contributed by atoms with Gasteiger partial charge in [0.1, 0.15) is 11.8 Å². The molecule has 0 bridgehead atoms. The molecule has 2 rings (SSSR count). The van der Waals surface area contributed by atoms with E-state index in [0.29, 0.717) is 19.4 Å². The second kappa shape index (κ2) is 11.9. The van der Waals surface area contributed by atoms with E-state index in [4.69, 9.17) is 4.74 Å². The lowest BCUT2D eigenvalue weighted by Gasteiger charge is -2.30. The predicted molar refractivity (Wildman–Crippen MR) is 134 cm³/mol. The first kappa shape index (κ1) is 26.4. The first-order valence-electron chi connectivity index (χ1n) is 11.9. The highest BCUT2D eigenvalue weighted by Gasteiger charge is 2.26. The van der Waals surface area contributed by atoms with Crippen molar-refractivity contribution in [1.82, 2.24) is 10.2 Å². The van der Waals surface area contributed by atoms with E-state index in [1.807, 2.05) is 38.1 Å². The van der Waals surface area contributed by atoms with E-state index in [2.05, 4.69) is 50.4 Å². The Kier molecular flexibility index (Phi) is 9.51. The second-order valence-corrected chi connectivity index (χ2v) is 9.81. The number of methoxy groups -OCH3 is 1. The minimum Gasteiger partial charge on any atom is -0.497 e. The van der Waals surface area contributed by atoms with Crippen molar-refractivity contribution in [1.29, 1.82) is 0 Å². The van der Waals surface area contributed by atoms with Gasteiger partial charge in [0.2, 0.25) is 11.8 Å². The number of nitrogens with zero attached hydrogens (tertiary/aromatic N) is 1. The normalized spacial score (nSPS) is 13.2. The summed E-state index contributed by atoms with van der Waals surface area (Å²) >= 11 is 0. The van der Waals surface area contributed by atoms with Crippen LogP contribution in [0, 0.1) is 0 Å². The molecule has 0 saturated heterocycles. The third-order valence-corrected chi connectivity index (χ3v) is 6.10. The van der Waals surface area contributed by atoms with Gasteiger partial charge in [0.25, 0.3) is 0 Å². The summed E-state index contributed by atoms with van der Waals surface area (Å²) in [7, 11) is 1.62. The summed E-state index contributed by atoms with van der Waals surface area (Å²) in [5, 5.41) is 3.01. The highest BCUT2D eigenvalue weighted by atomic mass is 16.5. The van der Waals surface area contributed by atoms with Crippen LogP contribution in [0.4, 0.5) is 0 Å². The summed E-state index contributed by atoms with van der Waals surface area (Å²) in [4.78, 5) is 27.8. The van der Waals surface area contributed by atoms with Gasteiger partial charge in [-0.15, -0.1) is 0 Å². The maximum Gasteiger partial charge on any atom is 0.242 e. The van der Waals surface area contributed by atoms with E-state index in [1.165, 1.54) is 5.56 Å². The van der Waals surface area contributed by atoms with Crippen molar-refractivity contribution in [2.45, 2.75) is 84.8 Å². The molecule has 2 atom stereocenters. The average Bonchev–Trinajstić information content (AvgIpc) is 2.80. The Balaban J connectivity index is 2.16. The van der Waals surface area contributed by atoms with E-state index in [1.54, 1.807) is 18.9 Å². The van der Waals surface area contributed by atoms with E-state index < -0.39 is 6.04 Å². The number of amides is 2. The lowest BCUT2D eigenvalue weighted by atomic mass is 9.86. The Hall–Kier alpha value is -2.82. The minimum absolute atomic E-state index is 0.0375. The van der Waals surface area contributed by atoms with Gasteiger partial charge in [0.15, 0.2) is 0 Å². The molecule has 2 aromatic carbocycles. The smallest absolute Gasteiger partial charge is 0.242 e. The van der Waals surface area contributed by atoms with Gasteiger partial charge in [0.05, 0.1) is 7.11 Å². The molecule has 5 heteroatoms. The molecule has 0 fully saturated rings. The van der Waals surface area contributed by atoms with E-state index in [-0.39, 0.29) is 23.3 Å². The number of ether oxygens (including phenoxy) is 1. The number of nitrogens with one attached hydrogen (secondary N) is 1. The van der Waals surface area contributed by atoms with Crippen molar-refractivity contribution in [3.63, 3.8) is 0 Å². The first-order valence-corrected chi connectivity index (χ1v) is 11.9. The zero-order chi connectivity index (χ0) is 24.6. The number of hydrogen-bond acceptors (Lipinski definition) is 3. The van der Waals surface area contributed by atoms with Crippen LogP contribution in [0.15, 0.2) is 48.5 Å². The lowest BCUT2D eigenvalue weighted by Crippen LogP contribution is -2.49. The van der Waals surface area contributed by atoms with Crippen LogP contribution in [0.5, 0.6) is 5.75 Å². The third kappa shape index (κ3) is 7.92. The molecule has 0 radical (unpaired) electrons. The van der Waals surface area contributed by atoms with Crippen molar-refractivity contribution in [3.05, 3.63) is 65.2 Å². The Morgan fingerprint density at radius 2 is 1.70 bits per heavy atom. The molecule has 2 amide bonds. The molecular weight excluding hydrogens is 412 g/mol. The average molecular weight is 453 g/mol. The molecule has 0 saturated carbocycles. The van der Waals surface area contributed by atoms with Crippen molar-refractivity contribution >= 4 is 11.8 Å². The van der Waals surface area contributed by atoms with Crippen molar-refractivity contribution in [3.8, 4) is 5.75 Å². The molecular formula is C28H40N2O3. The zero-order valence-corrected chi connectivity index (χ0v) is 21.3. The van der Waals surface area contributed by atoms with Gasteiger partial charge >= 0.3 is 0 Å². The largest absolute Gasteiger partial charge is 0.497 e. The quantitative estimate of drug-likeness (QED) is 0.535. The monoisotopic (exact) mass is 452 g/mol. The fourth-order valence-electron chi connectivity index (χ4n) is 3.58. The molecule has 2 aromatic rings. The van der Waals surface area contributed by atoms with Crippen LogP contribution in [0.25, 0.3) is 0 Å². The van der Waals surface area contributed by atoms with E-state index in [9.17, 15) is 9.59 Å². The number of benzene rings is 2. The summed E-state index contributed by atoms with van der Waals surface area (Å²) in [5.74, 6) is 0.565. The molecule has 0 spiro atoms. The van der Waals surface area contributed by atoms with Crippen LogP contribution >= 0.6 is 0 Å². The fourth-order valence-corrected chi connectivity index (χ4v) is 3.58. The fraction of sp³-hybridized carbons (Fsp3) is 0.500. The molecule has 180 valence electrons. The standard InChI is InChI=1S/C28H40N2O3/c1-8-20(2)29-27(32)21(3)30(19-23-10-9-11-25(18-23)33-7)26(31)17-14-22-12-15-24(16-13-22)28(4,5)6/h9-13,15-16,18,20-21H,8,14,17,19H2,1-7H3,(H,29,32)/t20-,21-/m1/s1. The van der Waals surface area contributed by atoms with Gasteiger partial charge < -0.3 is 15.0 Å². The van der Waals surface area contributed by atoms with Crippen LogP contribution in [-0.4, -0.2) is 35.9 Å². The molecule has 0 aromatic heterocycles. The van der Waals surface area contributed by atoms with E-state index in [0.717, 1.165) is 23.3 Å². The molecule has 0 heterocycles. The van der Waals surface area contributed by atoms with Gasteiger partial charge in [-0.1, -0.05) is 64.1 Å². The number of hydrogen-bond donors (Lipinski definition) is 1. The molecule has 0 aliphatic rings. The van der Waals surface area contributed by atoms with Crippen LogP contribution in [0.1, 0.15) is 71.1 Å². The molecule has 5 nitrogen and oxygen atoms in total. The number of aryl methyl sites for hydroxylation is 1. The predicted octanol–water partition coefficient (Wildman–Crippen LogP) is 5.26. The molecule has 1 N–H and O–H groups in total. The Morgan fingerprint density at radius 3 is 2.27 bits per heavy atom. The van der Waals surface area contributed by atoms with Crippen LogP contribution in [-0.2, 0) is 28.0 Å². The summed E-state index contributed by atoms with van der Waals surface area (Å²) in [5.41, 5.74) is 3.42. The van der Waals surface area contributed by atoms with Crippen molar-refractivity contribution in [2.75, 3.05) is 7.11 Å². The topological polar surface area (TPSA) is 58.6 Å². The number of carbonyl (C=O) groups excluding carboxylic acids is 2. The summed E-state index contributed by atoms with van der Waals surface area (Å²) in [6, 6.07) is 15.6. The molecule has 33 heavy (non-hydrogen) atoms. The van der Waals surface area contributed by atoms with Crippen molar-refractivity contribution in [2.24, 2.45) is 0 Å². The zero-order valence-electron chi connectivity index (χ0n) is 21.3. The Labute approximate surface area is 199 Å². The molecule has 0 unspecified atom stereocenters. The molecule has 0 aliphatic carbocycles. The third-order valence-electron chi connectivity index (χ3n) is 6.10. The summed E-state index contributed by atoms with van der Waals surface area (Å²) in [6.07, 6.45) is 1.82. The highest BCUT2D eigenvalue weighted by molar-refractivity contribution is 5.87. The van der Waals surface area contributed by atoms with Gasteiger partial charge in [-0.2, -0.15) is 0 Å². The van der Waals surface area contributed by atoms with Crippen LogP contribution in [0.3, 0.4) is 0 Å². The minimum atomic E-state index is -0.569. The maximum absolute atomic E-state index is 13.3. The van der Waals surface area contributed by atoms with Gasteiger partial charge in [-0.05, 0) is 60.9 Å². The second-order valence-electron chi connectivity index (χ2n) is 9.81. The molecule has 0 aliphatic heterocycles. The lowest BCUT2D eigenvalue weighted by molar-refractivity contribution is -0.140. The van der Waals surface area contributed by atoms with E-state index >= 15 is 0 Å².